The topological polar surface area (TPSA) is 101 Å². The first-order valence-electron chi connectivity index (χ1n) is 15.5. The Kier molecular flexibility index (Phi) is 12.3. The molecule has 0 aliphatic carbocycles. The minimum Gasteiger partial charge on any atom is -0.494 e. The summed E-state index contributed by atoms with van der Waals surface area (Å²) in [6, 6.07) is 5.46. The maximum atomic E-state index is 15.6. The van der Waals surface area contributed by atoms with Gasteiger partial charge >= 0.3 is 5.97 Å². The molecular formula is C34H47BrFN3O6. The van der Waals surface area contributed by atoms with Crippen molar-refractivity contribution in [1.82, 2.24) is 4.90 Å². The molecule has 2 aromatic carbocycles. The highest BCUT2D eigenvalue weighted by atomic mass is 79.9. The van der Waals surface area contributed by atoms with E-state index in [-0.39, 0.29) is 76.9 Å². The van der Waals surface area contributed by atoms with E-state index in [2.05, 4.69) is 25.7 Å². The van der Waals surface area contributed by atoms with E-state index in [0.29, 0.717) is 36.5 Å². The number of fused-ring (bicyclic) bond motifs is 1. The molecule has 1 saturated heterocycles. The number of carbonyl (C=O) groups is 2. The van der Waals surface area contributed by atoms with E-state index in [0.717, 1.165) is 42.9 Å². The van der Waals surface area contributed by atoms with Crippen molar-refractivity contribution in [2.24, 2.45) is 5.92 Å². The molecule has 0 amide bonds. The number of rotatable bonds is 12. The fourth-order valence-corrected chi connectivity index (χ4v) is 6.04. The summed E-state index contributed by atoms with van der Waals surface area (Å²) in [6.07, 6.45) is 2.06. The molecule has 0 bridgehead atoms. The Morgan fingerprint density at radius 3 is 2.24 bits per heavy atom. The summed E-state index contributed by atoms with van der Waals surface area (Å²) in [4.78, 5) is 29.7. The van der Waals surface area contributed by atoms with E-state index >= 15 is 4.39 Å². The van der Waals surface area contributed by atoms with Crippen LogP contribution in [-0.2, 0) is 21.5 Å². The molecule has 0 unspecified atom stereocenters. The van der Waals surface area contributed by atoms with E-state index < -0.39 is 5.82 Å². The molecule has 2 aliphatic rings. The van der Waals surface area contributed by atoms with Crippen molar-refractivity contribution in [3.05, 3.63) is 46.3 Å². The van der Waals surface area contributed by atoms with Crippen molar-refractivity contribution >= 4 is 40.3 Å². The maximum absolute atomic E-state index is 15.6. The normalized spacial score (nSPS) is 15.0. The number of nitrogens with zero attached hydrogens (tertiary/aromatic N) is 2. The van der Waals surface area contributed by atoms with Crippen LogP contribution in [0.1, 0.15) is 87.9 Å². The van der Waals surface area contributed by atoms with Crippen LogP contribution in [0.5, 0.6) is 17.2 Å². The van der Waals surface area contributed by atoms with Crippen molar-refractivity contribution in [1.29, 1.82) is 5.41 Å². The number of piperidine rings is 1. The quantitative estimate of drug-likeness (QED) is 0.194. The van der Waals surface area contributed by atoms with Gasteiger partial charge in [-0.2, -0.15) is 0 Å². The van der Waals surface area contributed by atoms with E-state index in [1.54, 1.807) is 25.0 Å². The van der Waals surface area contributed by atoms with Crippen LogP contribution in [0.25, 0.3) is 0 Å². The van der Waals surface area contributed by atoms with E-state index in [1.165, 1.54) is 0 Å². The zero-order valence-electron chi connectivity index (χ0n) is 27.5. The molecule has 2 heterocycles. The number of esters is 1. The van der Waals surface area contributed by atoms with Gasteiger partial charge in [-0.25, -0.2) is 4.39 Å². The summed E-state index contributed by atoms with van der Waals surface area (Å²) < 4.78 is 37.8. The number of methoxy groups -OCH3 is 1. The van der Waals surface area contributed by atoms with Gasteiger partial charge in [0.15, 0.2) is 23.1 Å². The number of amidine groups is 1. The molecular weight excluding hydrogens is 645 g/mol. The van der Waals surface area contributed by atoms with Crippen LogP contribution in [0.15, 0.2) is 18.2 Å². The van der Waals surface area contributed by atoms with Crippen molar-refractivity contribution in [2.75, 3.05) is 51.5 Å². The fourth-order valence-electron chi connectivity index (χ4n) is 6.04. The first kappa shape index (κ1) is 36.1. The Labute approximate surface area is 276 Å². The number of ketones is 1. The SMILES string of the molecule is Br.CCOC(=O)CC1CCN(c2cc(C(=O)CN3Cc4cc(OCC)c(OCC)c(F)c4C3=N)cc(C(C)(C)C)c2OC)CC1. The molecule has 0 radical (unpaired) electrons. The van der Waals surface area contributed by atoms with Crippen molar-refractivity contribution in [3.63, 3.8) is 0 Å². The number of hydrogen-bond acceptors (Lipinski definition) is 8. The number of benzene rings is 2. The monoisotopic (exact) mass is 691 g/mol. The largest absolute Gasteiger partial charge is 0.494 e. The summed E-state index contributed by atoms with van der Waals surface area (Å²) in [5.74, 6) is 0.239. The number of nitrogens with one attached hydrogen (secondary N) is 1. The third-order valence-corrected chi connectivity index (χ3v) is 8.23. The van der Waals surface area contributed by atoms with Crippen LogP contribution in [0.3, 0.4) is 0 Å². The summed E-state index contributed by atoms with van der Waals surface area (Å²) >= 11 is 0. The van der Waals surface area contributed by atoms with Crippen molar-refractivity contribution in [2.45, 2.75) is 72.8 Å². The molecule has 2 aliphatic heterocycles. The second-order valence-corrected chi connectivity index (χ2v) is 12.3. The number of ether oxygens (including phenoxy) is 4. The highest BCUT2D eigenvalue weighted by Crippen LogP contribution is 2.42. The summed E-state index contributed by atoms with van der Waals surface area (Å²) in [6.45, 7) is 14.2. The summed E-state index contributed by atoms with van der Waals surface area (Å²) in [5, 5.41) is 8.76. The molecule has 0 spiro atoms. The van der Waals surface area contributed by atoms with Crippen LogP contribution in [0.4, 0.5) is 10.1 Å². The number of Topliss-reactive ketones (excluding diaryl/α,β-unsaturated/α-hetero) is 1. The lowest BCUT2D eigenvalue weighted by Gasteiger charge is -2.36. The molecule has 2 aromatic rings. The predicted octanol–water partition coefficient (Wildman–Crippen LogP) is 6.70. The third-order valence-electron chi connectivity index (χ3n) is 8.23. The lowest BCUT2D eigenvalue weighted by atomic mass is 9.83. The fraction of sp³-hybridized carbons (Fsp3) is 0.559. The van der Waals surface area contributed by atoms with Crippen molar-refractivity contribution < 1.29 is 32.9 Å². The molecule has 45 heavy (non-hydrogen) atoms. The Morgan fingerprint density at radius 2 is 1.67 bits per heavy atom. The van der Waals surface area contributed by atoms with Gasteiger partial charge in [-0.05, 0) is 68.7 Å². The minimum absolute atomic E-state index is 0. The highest BCUT2D eigenvalue weighted by Gasteiger charge is 2.34. The van der Waals surface area contributed by atoms with Crippen LogP contribution in [-0.4, -0.2) is 69.1 Å². The third kappa shape index (κ3) is 7.91. The number of hydrogen-bond donors (Lipinski definition) is 1. The zero-order valence-corrected chi connectivity index (χ0v) is 29.2. The average Bonchev–Trinajstić information content (AvgIpc) is 3.28. The Morgan fingerprint density at radius 1 is 1.00 bits per heavy atom. The second-order valence-electron chi connectivity index (χ2n) is 12.3. The first-order chi connectivity index (χ1) is 20.9. The molecule has 4 rings (SSSR count). The van der Waals surface area contributed by atoms with Gasteiger partial charge in [0.05, 0.1) is 44.7 Å². The molecule has 1 fully saturated rings. The molecule has 1 N–H and O–H groups in total. The van der Waals surface area contributed by atoms with Gasteiger partial charge in [0, 0.05) is 37.2 Å². The molecule has 0 aromatic heterocycles. The lowest BCUT2D eigenvalue weighted by Crippen LogP contribution is -2.35. The van der Waals surface area contributed by atoms with Crippen LogP contribution in [0, 0.1) is 17.1 Å². The summed E-state index contributed by atoms with van der Waals surface area (Å²) in [7, 11) is 1.65. The molecule has 9 nitrogen and oxygen atoms in total. The van der Waals surface area contributed by atoms with E-state index in [1.807, 2.05) is 26.0 Å². The maximum Gasteiger partial charge on any atom is 0.306 e. The van der Waals surface area contributed by atoms with Crippen LogP contribution < -0.4 is 19.1 Å². The van der Waals surface area contributed by atoms with E-state index in [9.17, 15) is 9.59 Å². The Hall–Kier alpha value is -3.34. The number of carbonyl (C=O) groups excluding carboxylic acids is 2. The number of anilines is 1. The molecule has 11 heteroatoms. The molecule has 0 atom stereocenters. The van der Waals surface area contributed by atoms with Crippen LogP contribution in [0.2, 0.25) is 0 Å². The molecule has 0 saturated carbocycles. The Bertz CT molecular complexity index is 1400. The van der Waals surface area contributed by atoms with Gasteiger partial charge in [0.2, 0.25) is 0 Å². The summed E-state index contributed by atoms with van der Waals surface area (Å²) in [5.41, 5.74) is 2.66. The second kappa shape index (κ2) is 15.3. The predicted molar refractivity (Wildman–Crippen MR) is 179 cm³/mol. The lowest BCUT2D eigenvalue weighted by molar-refractivity contribution is -0.144. The smallest absolute Gasteiger partial charge is 0.306 e. The average molecular weight is 693 g/mol. The van der Waals surface area contributed by atoms with Gasteiger partial charge in [-0.1, -0.05) is 20.8 Å². The van der Waals surface area contributed by atoms with Gasteiger partial charge in [-0.3, -0.25) is 15.0 Å². The van der Waals surface area contributed by atoms with Gasteiger partial charge in [0.1, 0.15) is 11.6 Å². The number of halogens is 2. The van der Waals surface area contributed by atoms with Gasteiger partial charge in [-0.15, -0.1) is 17.0 Å². The van der Waals surface area contributed by atoms with Crippen molar-refractivity contribution in [3.8, 4) is 17.2 Å². The standard InChI is InChI=1S/C34H46FN3O6.BrH/c1-8-42-27-18-23-19-38(33(36)29(23)30(35)32(27)44-10-3)20-26(39)22-16-24(34(4,5)6)31(41-7)25(17-22)37-13-11-21(12-14-37)15-28(40)43-9-2;/h16-18,21,36H,8-15,19-20H2,1-7H3;1H. The first-order valence-corrected chi connectivity index (χ1v) is 15.5. The van der Waals surface area contributed by atoms with Gasteiger partial charge < -0.3 is 28.7 Å². The van der Waals surface area contributed by atoms with E-state index in [4.69, 9.17) is 24.4 Å². The van der Waals surface area contributed by atoms with Crippen LogP contribution >= 0.6 is 17.0 Å². The Balaban J connectivity index is 0.00000552. The van der Waals surface area contributed by atoms with Gasteiger partial charge in [0.25, 0.3) is 0 Å². The molecule has 248 valence electrons. The zero-order chi connectivity index (χ0) is 32.2. The highest BCUT2D eigenvalue weighted by molar-refractivity contribution is 8.93. The minimum atomic E-state index is -0.638.